The molecule has 1 fully saturated rings. The predicted octanol–water partition coefficient (Wildman–Crippen LogP) is 2.07. The summed E-state index contributed by atoms with van der Waals surface area (Å²) in [5.41, 5.74) is 1.24. The van der Waals surface area contributed by atoms with E-state index in [9.17, 15) is 0 Å². The van der Waals surface area contributed by atoms with Crippen LogP contribution in [0.5, 0.6) is 0 Å². The molecule has 0 saturated carbocycles. The van der Waals surface area contributed by atoms with E-state index in [-0.39, 0.29) is 0 Å². The van der Waals surface area contributed by atoms with Crippen LogP contribution in [0.3, 0.4) is 0 Å². The van der Waals surface area contributed by atoms with Crippen LogP contribution in [0.25, 0.3) is 0 Å². The number of rotatable bonds is 5. The maximum absolute atomic E-state index is 4.62. The highest BCUT2D eigenvalue weighted by atomic mass is 32.2. The molecule has 1 N–H and O–H groups in total. The predicted molar refractivity (Wildman–Crippen MR) is 78.1 cm³/mol. The summed E-state index contributed by atoms with van der Waals surface area (Å²) < 4.78 is 1.91. The Morgan fingerprint density at radius 1 is 1.61 bits per heavy atom. The fraction of sp³-hybridized carbons (Fsp3) is 0.692. The second-order valence-electron chi connectivity index (χ2n) is 5.16. The molecule has 0 bridgehead atoms. The van der Waals surface area contributed by atoms with E-state index in [0.717, 1.165) is 29.8 Å². The monoisotopic (exact) mass is 266 g/mol. The highest BCUT2D eigenvalue weighted by Crippen LogP contribution is 2.19. The third-order valence-corrected chi connectivity index (χ3v) is 4.14. The Morgan fingerprint density at radius 2 is 2.44 bits per heavy atom. The summed E-state index contributed by atoms with van der Waals surface area (Å²) in [6.45, 7) is 5.37. The topological polar surface area (TPSA) is 42.2 Å². The van der Waals surface area contributed by atoms with Crippen molar-refractivity contribution in [1.82, 2.24) is 15.1 Å². The van der Waals surface area contributed by atoms with Gasteiger partial charge in [-0.25, -0.2) is 0 Å². The van der Waals surface area contributed by atoms with E-state index < -0.39 is 0 Å². The first kappa shape index (κ1) is 13.5. The van der Waals surface area contributed by atoms with Gasteiger partial charge in [-0.05, 0) is 18.4 Å². The molecule has 0 spiro atoms. The summed E-state index contributed by atoms with van der Waals surface area (Å²) >= 11 is 1.85. The molecule has 100 valence electrons. The van der Waals surface area contributed by atoms with E-state index in [1.807, 2.05) is 29.7 Å². The van der Waals surface area contributed by atoms with Crippen molar-refractivity contribution in [3.63, 3.8) is 0 Å². The summed E-state index contributed by atoms with van der Waals surface area (Å²) in [6, 6.07) is 2.65. The van der Waals surface area contributed by atoms with Gasteiger partial charge >= 0.3 is 0 Å². The van der Waals surface area contributed by atoms with Crippen LogP contribution >= 0.6 is 11.8 Å². The van der Waals surface area contributed by atoms with E-state index in [1.54, 1.807) is 0 Å². The number of nitrogens with zero attached hydrogens (tertiary/aromatic N) is 3. The van der Waals surface area contributed by atoms with Gasteiger partial charge in [-0.1, -0.05) is 25.6 Å². The van der Waals surface area contributed by atoms with Gasteiger partial charge in [-0.2, -0.15) is 5.10 Å². The van der Waals surface area contributed by atoms with Crippen molar-refractivity contribution in [2.45, 2.75) is 32.7 Å². The van der Waals surface area contributed by atoms with Crippen molar-refractivity contribution >= 4 is 16.9 Å². The minimum Gasteiger partial charge on any atom is -0.361 e. The zero-order valence-electron chi connectivity index (χ0n) is 11.4. The van der Waals surface area contributed by atoms with Crippen molar-refractivity contribution in [3.05, 3.63) is 18.0 Å². The lowest BCUT2D eigenvalue weighted by molar-refractivity contribution is 0.502. The minimum absolute atomic E-state index is 0.602. The zero-order chi connectivity index (χ0) is 13.0. The van der Waals surface area contributed by atoms with E-state index in [0.29, 0.717) is 6.04 Å². The summed E-state index contributed by atoms with van der Waals surface area (Å²) in [5.74, 6) is 1.90. The second kappa shape index (κ2) is 6.27. The SMILES string of the molecule is CC(C)CC1CSC(=NCCc2ccnn2C)N1. The normalized spacial score (nSPS) is 21.8. The maximum atomic E-state index is 4.62. The Kier molecular flexibility index (Phi) is 4.69. The standard InChI is InChI=1S/C13H22N4S/c1-10(2)8-11-9-18-13(16-11)14-6-4-12-5-7-15-17(12)3/h5,7,10-11H,4,6,8-9H2,1-3H3,(H,14,16). The second-order valence-corrected chi connectivity index (χ2v) is 6.17. The number of aromatic nitrogens is 2. The Balaban J connectivity index is 1.76. The lowest BCUT2D eigenvalue weighted by atomic mass is 10.1. The van der Waals surface area contributed by atoms with Crippen molar-refractivity contribution in [2.75, 3.05) is 12.3 Å². The van der Waals surface area contributed by atoms with Gasteiger partial charge in [0.1, 0.15) is 0 Å². The molecule has 0 aliphatic carbocycles. The number of amidine groups is 1. The van der Waals surface area contributed by atoms with Gasteiger partial charge in [-0.15, -0.1) is 0 Å². The molecule has 5 heteroatoms. The van der Waals surface area contributed by atoms with Crippen LogP contribution in [0.15, 0.2) is 17.3 Å². The molecule has 1 aromatic rings. The first-order valence-electron chi connectivity index (χ1n) is 6.56. The molecular formula is C13H22N4S. The maximum Gasteiger partial charge on any atom is 0.156 e. The Hall–Kier alpha value is -0.970. The van der Waals surface area contributed by atoms with Crippen LogP contribution in [0.1, 0.15) is 26.0 Å². The largest absolute Gasteiger partial charge is 0.361 e. The number of hydrogen-bond acceptors (Lipinski definition) is 3. The molecule has 1 aliphatic rings. The Bertz CT molecular complexity index is 411. The third kappa shape index (κ3) is 3.77. The lowest BCUT2D eigenvalue weighted by Crippen LogP contribution is -2.28. The summed E-state index contributed by atoms with van der Waals surface area (Å²) in [7, 11) is 1.98. The first-order chi connectivity index (χ1) is 8.65. The molecule has 2 heterocycles. The van der Waals surface area contributed by atoms with Gasteiger partial charge in [0.05, 0.1) is 0 Å². The van der Waals surface area contributed by atoms with Crippen LogP contribution in [0.2, 0.25) is 0 Å². The van der Waals surface area contributed by atoms with Crippen LogP contribution in [0, 0.1) is 5.92 Å². The molecular weight excluding hydrogens is 244 g/mol. The van der Waals surface area contributed by atoms with Gasteiger partial charge in [-0.3, -0.25) is 9.67 Å². The molecule has 1 aliphatic heterocycles. The zero-order valence-corrected chi connectivity index (χ0v) is 12.2. The quantitative estimate of drug-likeness (QED) is 0.887. The van der Waals surface area contributed by atoms with E-state index in [4.69, 9.17) is 0 Å². The third-order valence-electron chi connectivity index (χ3n) is 3.05. The summed E-state index contributed by atoms with van der Waals surface area (Å²) in [6.07, 6.45) is 4.02. The van der Waals surface area contributed by atoms with Crippen molar-refractivity contribution < 1.29 is 0 Å². The minimum atomic E-state index is 0.602. The Labute approximate surface area is 113 Å². The van der Waals surface area contributed by atoms with Crippen LogP contribution < -0.4 is 5.32 Å². The molecule has 18 heavy (non-hydrogen) atoms. The molecule has 1 unspecified atom stereocenters. The first-order valence-corrected chi connectivity index (χ1v) is 7.54. The van der Waals surface area contributed by atoms with Gasteiger partial charge in [0.2, 0.25) is 0 Å². The molecule has 0 aromatic carbocycles. The van der Waals surface area contributed by atoms with E-state index in [2.05, 4.69) is 35.3 Å². The number of thioether (sulfide) groups is 1. The molecule has 2 rings (SSSR count). The number of hydrogen-bond donors (Lipinski definition) is 1. The van der Waals surface area contributed by atoms with Gasteiger partial charge in [0.15, 0.2) is 5.17 Å². The molecule has 4 nitrogen and oxygen atoms in total. The molecule has 0 amide bonds. The van der Waals surface area contributed by atoms with E-state index >= 15 is 0 Å². The number of nitrogens with one attached hydrogen (secondary N) is 1. The summed E-state index contributed by atoms with van der Waals surface area (Å²) in [4.78, 5) is 4.62. The fourth-order valence-electron chi connectivity index (χ4n) is 2.14. The number of aryl methyl sites for hydroxylation is 1. The molecule has 1 saturated heterocycles. The van der Waals surface area contributed by atoms with Gasteiger partial charge in [0, 0.05) is 43.7 Å². The fourth-order valence-corrected chi connectivity index (χ4v) is 3.15. The van der Waals surface area contributed by atoms with E-state index in [1.165, 1.54) is 12.1 Å². The van der Waals surface area contributed by atoms with Gasteiger partial charge < -0.3 is 5.32 Å². The van der Waals surface area contributed by atoms with Crippen molar-refractivity contribution in [1.29, 1.82) is 0 Å². The van der Waals surface area contributed by atoms with Crippen molar-refractivity contribution in [3.8, 4) is 0 Å². The molecule has 1 aromatic heterocycles. The highest BCUT2D eigenvalue weighted by Gasteiger charge is 2.20. The van der Waals surface area contributed by atoms with Crippen molar-refractivity contribution in [2.24, 2.45) is 18.0 Å². The highest BCUT2D eigenvalue weighted by molar-refractivity contribution is 8.14. The smallest absolute Gasteiger partial charge is 0.156 e. The average molecular weight is 266 g/mol. The van der Waals surface area contributed by atoms with Crippen LogP contribution in [-0.4, -0.2) is 33.3 Å². The molecule has 0 radical (unpaired) electrons. The Morgan fingerprint density at radius 3 is 3.11 bits per heavy atom. The van der Waals surface area contributed by atoms with Crippen LogP contribution in [-0.2, 0) is 13.5 Å². The molecule has 1 atom stereocenters. The number of aliphatic imine (C=N–C) groups is 1. The summed E-state index contributed by atoms with van der Waals surface area (Å²) in [5, 5.41) is 8.78. The lowest BCUT2D eigenvalue weighted by Gasteiger charge is -2.11. The average Bonchev–Trinajstić information content (AvgIpc) is 2.89. The van der Waals surface area contributed by atoms with Gasteiger partial charge in [0.25, 0.3) is 0 Å². The van der Waals surface area contributed by atoms with Crippen LogP contribution in [0.4, 0.5) is 0 Å².